The van der Waals surface area contributed by atoms with Crippen molar-refractivity contribution < 1.29 is 4.79 Å². The van der Waals surface area contributed by atoms with Crippen LogP contribution in [0.5, 0.6) is 0 Å². The minimum atomic E-state index is 0.118. The zero-order valence-electron chi connectivity index (χ0n) is 8.52. The van der Waals surface area contributed by atoms with Crippen LogP contribution in [0.2, 0.25) is 0 Å². The lowest BCUT2D eigenvalue weighted by Crippen LogP contribution is -2.34. The highest BCUT2D eigenvalue weighted by Crippen LogP contribution is 2.16. The minimum Gasteiger partial charge on any atom is -0.354 e. The molecule has 1 fully saturated rings. The lowest BCUT2D eigenvalue weighted by Gasteiger charge is -2.21. The second-order valence-corrected chi connectivity index (χ2v) is 3.04. The van der Waals surface area contributed by atoms with Crippen molar-refractivity contribution in [2.75, 3.05) is 0 Å². The number of carbonyl (C=O) groups is 1. The topological polar surface area (TPSA) is 29.1 Å². The Bertz CT molecular complexity index is 117. The first-order valence-corrected chi connectivity index (χ1v) is 5.06. The summed E-state index contributed by atoms with van der Waals surface area (Å²) >= 11 is 0. The van der Waals surface area contributed by atoms with Gasteiger partial charge in [-0.1, -0.05) is 33.1 Å². The lowest BCUT2D eigenvalue weighted by molar-refractivity contribution is -0.119. The molecule has 0 spiro atoms. The van der Waals surface area contributed by atoms with Crippen LogP contribution in [0.25, 0.3) is 0 Å². The van der Waals surface area contributed by atoms with Crippen molar-refractivity contribution in [1.29, 1.82) is 0 Å². The van der Waals surface area contributed by atoms with Crippen LogP contribution in [0.1, 0.15) is 52.9 Å². The number of carbonyl (C=O) groups excluding carboxylic acids is 1. The normalized spacial score (nSPS) is 17.6. The van der Waals surface area contributed by atoms with E-state index in [0.717, 1.165) is 0 Å². The molecule has 0 aromatic carbocycles. The summed E-state index contributed by atoms with van der Waals surface area (Å²) in [6, 6.07) is 0.478. The molecule has 0 unspecified atom stereocenters. The van der Waals surface area contributed by atoms with Crippen molar-refractivity contribution in [2.24, 2.45) is 0 Å². The molecule has 72 valence electrons. The van der Waals surface area contributed by atoms with Crippen LogP contribution in [-0.2, 0) is 4.79 Å². The van der Waals surface area contributed by atoms with Gasteiger partial charge in [-0.05, 0) is 12.8 Å². The maximum absolute atomic E-state index is 10.6. The Labute approximate surface area is 75.7 Å². The monoisotopic (exact) mass is 171 g/mol. The first-order valence-electron chi connectivity index (χ1n) is 5.06. The largest absolute Gasteiger partial charge is 0.354 e. The Morgan fingerprint density at radius 2 is 1.67 bits per heavy atom. The molecule has 1 N–H and O–H groups in total. The Kier molecular flexibility index (Phi) is 6.82. The van der Waals surface area contributed by atoms with Gasteiger partial charge in [0.25, 0.3) is 0 Å². The van der Waals surface area contributed by atoms with Gasteiger partial charge in [-0.15, -0.1) is 0 Å². The molecule has 0 heterocycles. The fraction of sp³-hybridized carbons (Fsp3) is 0.900. The van der Waals surface area contributed by atoms with E-state index in [1.807, 2.05) is 13.8 Å². The van der Waals surface area contributed by atoms with Crippen molar-refractivity contribution in [3.05, 3.63) is 0 Å². The molecule has 0 bridgehead atoms. The van der Waals surface area contributed by atoms with Crippen molar-refractivity contribution in [3.8, 4) is 0 Å². The predicted octanol–water partition coefficient (Wildman–Crippen LogP) is 2.48. The molecule has 2 nitrogen and oxygen atoms in total. The predicted molar refractivity (Wildman–Crippen MR) is 52.0 cm³/mol. The van der Waals surface area contributed by atoms with Gasteiger partial charge in [0.15, 0.2) is 0 Å². The number of rotatable bonds is 1. The Morgan fingerprint density at radius 3 is 2.08 bits per heavy atom. The second-order valence-electron chi connectivity index (χ2n) is 3.04. The highest BCUT2D eigenvalue weighted by Gasteiger charge is 2.12. The third-order valence-corrected chi connectivity index (χ3v) is 2.01. The smallest absolute Gasteiger partial charge is 0.217 e. The van der Waals surface area contributed by atoms with Crippen LogP contribution in [-0.4, -0.2) is 11.9 Å². The maximum Gasteiger partial charge on any atom is 0.217 e. The van der Waals surface area contributed by atoms with E-state index in [1.165, 1.54) is 32.1 Å². The van der Waals surface area contributed by atoms with E-state index in [0.29, 0.717) is 6.04 Å². The van der Waals surface area contributed by atoms with Crippen molar-refractivity contribution in [2.45, 2.75) is 58.9 Å². The Hall–Kier alpha value is -0.530. The zero-order chi connectivity index (χ0) is 9.40. The molecule has 0 atom stereocenters. The van der Waals surface area contributed by atoms with E-state index in [9.17, 15) is 4.79 Å². The van der Waals surface area contributed by atoms with Gasteiger partial charge < -0.3 is 5.32 Å². The average molecular weight is 171 g/mol. The molecule has 1 rings (SSSR count). The van der Waals surface area contributed by atoms with Gasteiger partial charge >= 0.3 is 0 Å². The Morgan fingerprint density at radius 1 is 1.17 bits per heavy atom. The van der Waals surface area contributed by atoms with E-state index < -0.39 is 0 Å². The summed E-state index contributed by atoms with van der Waals surface area (Å²) in [6.07, 6.45) is 6.27. The number of nitrogens with one attached hydrogen (secondary N) is 1. The van der Waals surface area contributed by atoms with E-state index in [-0.39, 0.29) is 5.91 Å². The van der Waals surface area contributed by atoms with E-state index in [1.54, 1.807) is 6.92 Å². The summed E-state index contributed by atoms with van der Waals surface area (Å²) in [4.78, 5) is 10.6. The van der Waals surface area contributed by atoms with Crippen molar-refractivity contribution in [3.63, 3.8) is 0 Å². The van der Waals surface area contributed by atoms with Gasteiger partial charge in [-0.25, -0.2) is 0 Å². The van der Waals surface area contributed by atoms with Crippen LogP contribution < -0.4 is 5.32 Å². The molecule has 0 aromatic rings. The molecular weight excluding hydrogens is 150 g/mol. The van der Waals surface area contributed by atoms with E-state index >= 15 is 0 Å². The maximum atomic E-state index is 10.6. The average Bonchev–Trinajstić information content (AvgIpc) is 2.08. The lowest BCUT2D eigenvalue weighted by atomic mass is 9.95. The fourth-order valence-corrected chi connectivity index (χ4v) is 1.53. The number of amides is 1. The summed E-state index contributed by atoms with van der Waals surface area (Å²) < 4.78 is 0. The van der Waals surface area contributed by atoms with Crippen LogP contribution in [0.15, 0.2) is 0 Å². The van der Waals surface area contributed by atoms with Gasteiger partial charge in [-0.3, -0.25) is 4.79 Å². The number of hydrogen-bond acceptors (Lipinski definition) is 1. The number of hydrogen-bond donors (Lipinski definition) is 1. The molecule has 1 amide bonds. The van der Waals surface area contributed by atoms with Gasteiger partial charge in [-0.2, -0.15) is 0 Å². The third-order valence-electron chi connectivity index (χ3n) is 2.01. The van der Waals surface area contributed by atoms with Gasteiger partial charge in [0.2, 0.25) is 5.91 Å². The summed E-state index contributed by atoms with van der Waals surface area (Å²) in [5.41, 5.74) is 0. The summed E-state index contributed by atoms with van der Waals surface area (Å²) in [5.74, 6) is 0.118. The summed E-state index contributed by atoms with van der Waals surface area (Å²) in [6.45, 7) is 5.59. The van der Waals surface area contributed by atoms with Crippen molar-refractivity contribution >= 4 is 5.91 Å². The van der Waals surface area contributed by atoms with Crippen LogP contribution in [0.3, 0.4) is 0 Å². The molecule has 0 saturated heterocycles. The molecule has 0 radical (unpaired) electrons. The van der Waals surface area contributed by atoms with Crippen LogP contribution in [0, 0.1) is 0 Å². The van der Waals surface area contributed by atoms with Gasteiger partial charge in [0.1, 0.15) is 0 Å². The zero-order valence-corrected chi connectivity index (χ0v) is 8.52. The Balaban J connectivity index is 0.000000561. The molecule has 2 heteroatoms. The van der Waals surface area contributed by atoms with Gasteiger partial charge in [0, 0.05) is 13.0 Å². The molecule has 0 aromatic heterocycles. The van der Waals surface area contributed by atoms with E-state index in [2.05, 4.69) is 5.32 Å². The standard InChI is InChI=1S/C8H15NO.C2H6/c1-7(10)9-8-5-3-2-4-6-8;1-2/h8H,2-6H2,1H3,(H,9,10);1-2H3. The highest BCUT2D eigenvalue weighted by molar-refractivity contribution is 5.73. The minimum absolute atomic E-state index is 0.118. The summed E-state index contributed by atoms with van der Waals surface area (Å²) in [7, 11) is 0. The SMILES string of the molecule is CC.CC(=O)NC1CCCCC1. The fourth-order valence-electron chi connectivity index (χ4n) is 1.53. The second kappa shape index (κ2) is 7.14. The first kappa shape index (κ1) is 11.5. The quantitative estimate of drug-likeness (QED) is 0.645. The molecule has 1 saturated carbocycles. The van der Waals surface area contributed by atoms with Crippen LogP contribution in [0.4, 0.5) is 0 Å². The van der Waals surface area contributed by atoms with Crippen LogP contribution >= 0.6 is 0 Å². The molecule has 0 aliphatic heterocycles. The summed E-state index contributed by atoms with van der Waals surface area (Å²) in [5, 5.41) is 2.94. The first-order chi connectivity index (χ1) is 5.79. The molecular formula is C10H21NO. The van der Waals surface area contributed by atoms with E-state index in [4.69, 9.17) is 0 Å². The molecule has 12 heavy (non-hydrogen) atoms. The highest BCUT2D eigenvalue weighted by atomic mass is 16.1. The third kappa shape index (κ3) is 5.16. The molecule has 1 aliphatic rings. The van der Waals surface area contributed by atoms with Crippen molar-refractivity contribution in [1.82, 2.24) is 5.32 Å². The molecule has 1 aliphatic carbocycles. The van der Waals surface area contributed by atoms with Gasteiger partial charge in [0.05, 0.1) is 0 Å².